The van der Waals surface area contributed by atoms with Crippen molar-refractivity contribution in [2.75, 3.05) is 0 Å². The quantitative estimate of drug-likeness (QED) is 0.786. The molecule has 98 valence electrons. The normalized spacial score (nSPS) is 16.5. The molecule has 0 aliphatic heterocycles. The van der Waals surface area contributed by atoms with E-state index >= 15 is 0 Å². The van der Waals surface area contributed by atoms with Crippen LogP contribution < -0.4 is 0 Å². The Bertz CT molecular complexity index is 539. The Labute approximate surface area is 114 Å². The SMILES string of the molecule is Cc1nccc(-c2ccc(C3CCCCC3)cc2)n1. The molecule has 0 N–H and O–H groups in total. The van der Waals surface area contributed by atoms with Crippen molar-refractivity contribution in [3.05, 3.63) is 47.9 Å². The first-order chi connectivity index (χ1) is 9.33. The monoisotopic (exact) mass is 252 g/mol. The lowest BCUT2D eigenvalue weighted by molar-refractivity contribution is 0.443. The summed E-state index contributed by atoms with van der Waals surface area (Å²) >= 11 is 0. The van der Waals surface area contributed by atoms with E-state index < -0.39 is 0 Å². The molecule has 2 nitrogen and oxygen atoms in total. The molecule has 0 saturated heterocycles. The van der Waals surface area contributed by atoms with Crippen LogP contribution in [0.1, 0.15) is 49.4 Å². The van der Waals surface area contributed by atoms with E-state index in [4.69, 9.17) is 0 Å². The van der Waals surface area contributed by atoms with E-state index in [0.29, 0.717) is 0 Å². The summed E-state index contributed by atoms with van der Waals surface area (Å²) in [6, 6.07) is 10.9. The van der Waals surface area contributed by atoms with Crippen molar-refractivity contribution < 1.29 is 0 Å². The molecular formula is C17H20N2. The molecule has 0 bridgehead atoms. The van der Waals surface area contributed by atoms with E-state index in [9.17, 15) is 0 Å². The largest absolute Gasteiger partial charge is 0.242 e. The molecule has 1 aliphatic rings. The fourth-order valence-corrected chi connectivity index (χ4v) is 2.98. The van der Waals surface area contributed by atoms with Gasteiger partial charge in [-0.15, -0.1) is 0 Å². The molecule has 0 spiro atoms. The highest BCUT2D eigenvalue weighted by atomic mass is 14.9. The molecule has 1 aromatic carbocycles. The summed E-state index contributed by atoms with van der Waals surface area (Å²) in [5.74, 6) is 1.60. The maximum Gasteiger partial charge on any atom is 0.125 e. The van der Waals surface area contributed by atoms with Gasteiger partial charge in [0.05, 0.1) is 5.69 Å². The van der Waals surface area contributed by atoms with Crippen molar-refractivity contribution in [3.63, 3.8) is 0 Å². The lowest BCUT2D eigenvalue weighted by Crippen LogP contribution is -2.04. The molecule has 3 rings (SSSR count). The highest BCUT2D eigenvalue weighted by Gasteiger charge is 2.15. The number of aromatic nitrogens is 2. The number of nitrogens with zero attached hydrogens (tertiary/aromatic N) is 2. The molecule has 2 heteroatoms. The van der Waals surface area contributed by atoms with E-state index in [0.717, 1.165) is 17.4 Å². The molecule has 1 fully saturated rings. The van der Waals surface area contributed by atoms with Gasteiger partial charge in [-0.2, -0.15) is 0 Å². The highest BCUT2D eigenvalue weighted by molar-refractivity contribution is 5.59. The second-order valence-corrected chi connectivity index (χ2v) is 5.45. The van der Waals surface area contributed by atoms with Crippen molar-refractivity contribution in [1.29, 1.82) is 0 Å². The van der Waals surface area contributed by atoms with E-state index in [1.165, 1.54) is 43.2 Å². The number of hydrogen-bond donors (Lipinski definition) is 0. The molecular weight excluding hydrogens is 232 g/mol. The van der Waals surface area contributed by atoms with Gasteiger partial charge < -0.3 is 0 Å². The molecule has 1 saturated carbocycles. The van der Waals surface area contributed by atoms with E-state index in [2.05, 4.69) is 34.2 Å². The van der Waals surface area contributed by atoms with Crippen LogP contribution in [0.4, 0.5) is 0 Å². The first-order valence-corrected chi connectivity index (χ1v) is 7.23. The molecule has 0 amide bonds. The molecule has 19 heavy (non-hydrogen) atoms. The maximum atomic E-state index is 4.47. The second kappa shape index (κ2) is 5.52. The van der Waals surface area contributed by atoms with Gasteiger partial charge in [0.15, 0.2) is 0 Å². The minimum absolute atomic E-state index is 0.773. The highest BCUT2D eigenvalue weighted by Crippen LogP contribution is 2.33. The minimum atomic E-state index is 0.773. The average molecular weight is 252 g/mol. The Hall–Kier alpha value is -1.70. The molecule has 0 radical (unpaired) electrons. The fourth-order valence-electron chi connectivity index (χ4n) is 2.98. The van der Waals surface area contributed by atoms with Crippen molar-refractivity contribution in [2.45, 2.75) is 44.9 Å². The van der Waals surface area contributed by atoms with E-state index in [-0.39, 0.29) is 0 Å². The molecule has 0 atom stereocenters. The summed E-state index contributed by atoms with van der Waals surface area (Å²) < 4.78 is 0. The number of benzene rings is 1. The smallest absolute Gasteiger partial charge is 0.125 e. The van der Waals surface area contributed by atoms with Crippen LogP contribution in [0, 0.1) is 6.92 Å². The standard InChI is InChI=1S/C17H20N2/c1-13-18-12-11-17(19-13)16-9-7-15(8-10-16)14-5-3-2-4-6-14/h7-12,14H,2-6H2,1H3. The maximum absolute atomic E-state index is 4.47. The molecule has 0 unspecified atom stereocenters. The summed E-state index contributed by atoms with van der Waals surface area (Å²) in [6.45, 7) is 1.93. The van der Waals surface area contributed by atoms with Gasteiger partial charge in [-0.05, 0) is 37.3 Å². The third-order valence-electron chi connectivity index (χ3n) is 4.06. The van der Waals surface area contributed by atoms with Crippen LogP contribution in [0.2, 0.25) is 0 Å². The van der Waals surface area contributed by atoms with Crippen molar-refractivity contribution in [1.82, 2.24) is 9.97 Å². The van der Waals surface area contributed by atoms with Gasteiger partial charge in [-0.3, -0.25) is 0 Å². The van der Waals surface area contributed by atoms with Crippen LogP contribution in [0.25, 0.3) is 11.3 Å². The van der Waals surface area contributed by atoms with Crippen LogP contribution in [-0.2, 0) is 0 Å². The van der Waals surface area contributed by atoms with Crippen molar-refractivity contribution in [2.24, 2.45) is 0 Å². The second-order valence-electron chi connectivity index (χ2n) is 5.45. The zero-order valence-electron chi connectivity index (χ0n) is 11.5. The van der Waals surface area contributed by atoms with Gasteiger partial charge in [0.1, 0.15) is 5.82 Å². The van der Waals surface area contributed by atoms with Gasteiger partial charge in [0, 0.05) is 11.8 Å². The molecule has 1 aliphatic carbocycles. The minimum Gasteiger partial charge on any atom is -0.242 e. The zero-order valence-corrected chi connectivity index (χ0v) is 11.5. The first kappa shape index (κ1) is 12.3. The summed E-state index contributed by atoms with van der Waals surface area (Å²) in [5.41, 5.74) is 3.70. The topological polar surface area (TPSA) is 25.8 Å². The van der Waals surface area contributed by atoms with Crippen LogP contribution in [0.5, 0.6) is 0 Å². The summed E-state index contributed by atoms with van der Waals surface area (Å²) in [7, 11) is 0. The van der Waals surface area contributed by atoms with E-state index in [1.807, 2.05) is 19.2 Å². The predicted molar refractivity (Wildman–Crippen MR) is 78.0 cm³/mol. The molecule has 2 aromatic rings. The Morgan fingerprint density at radius 3 is 2.37 bits per heavy atom. The van der Waals surface area contributed by atoms with Crippen LogP contribution in [0.3, 0.4) is 0 Å². The van der Waals surface area contributed by atoms with Gasteiger partial charge in [-0.25, -0.2) is 9.97 Å². The van der Waals surface area contributed by atoms with E-state index in [1.54, 1.807) is 0 Å². The number of hydrogen-bond acceptors (Lipinski definition) is 2. The van der Waals surface area contributed by atoms with Gasteiger partial charge in [0.2, 0.25) is 0 Å². The molecule has 1 heterocycles. The van der Waals surface area contributed by atoms with Gasteiger partial charge in [0.25, 0.3) is 0 Å². The Morgan fingerprint density at radius 2 is 1.68 bits per heavy atom. The summed E-state index contributed by atoms with van der Waals surface area (Å²) in [5, 5.41) is 0. The van der Waals surface area contributed by atoms with Crippen molar-refractivity contribution in [3.8, 4) is 11.3 Å². The third kappa shape index (κ3) is 2.83. The zero-order chi connectivity index (χ0) is 13.1. The number of rotatable bonds is 2. The van der Waals surface area contributed by atoms with Gasteiger partial charge in [-0.1, -0.05) is 43.5 Å². The molecule has 1 aromatic heterocycles. The Morgan fingerprint density at radius 1 is 0.947 bits per heavy atom. The average Bonchev–Trinajstić information content (AvgIpc) is 2.48. The number of aryl methyl sites for hydroxylation is 1. The lowest BCUT2D eigenvalue weighted by atomic mass is 9.84. The van der Waals surface area contributed by atoms with Crippen LogP contribution >= 0.6 is 0 Å². The summed E-state index contributed by atoms with van der Waals surface area (Å²) in [4.78, 5) is 8.62. The summed E-state index contributed by atoms with van der Waals surface area (Å²) in [6.07, 6.45) is 8.72. The predicted octanol–water partition coefficient (Wildman–Crippen LogP) is 4.50. The lowest BCUT2D eigenvalue weighted by Gasteiger charge is -2.22. The van der Waals surface area contributed by atoms with Crippen LogP contribution in [0.15, 0.2) is 36.5 Å². The third-order valence-corrected chi connectivity index (χ3v) is 4.06. The van der Waals surface area contributed by atoms with Crippen LogP contribution in [-0.4, -0.2) is 9.97 Å². The Kier molecular flexibility index (Phi) is 3.58. The fraction of sp³-hybridized carbons (Fsp3) is 0.412. The van der Waals surface area contributed by atoms with Gasteiger partial charge >= 0.3 is 0 Å². The first-order valence-electron chi connectivity index (χ1n) is 7.23. The van der Waals surface area contributed by atoms with Crippen molar-refractivity contribution >= 4 is 0 Å². The Balaban J connectivity index is 1.82.